The molecule has 0 aliphatic carbocycles. The number of anilines is 3. The van der Waals surface area contributed by atoms with Gasteiger partial charge in [0, 0.05) is 36.9 Å². The maximum atomic E-state index is 2.44. The van der Waals surface area contributed by atoms with E-state index >= 15 is 0 Å². The fraction of sp³-hybridized carbons (Fsp3) is 0.0476. The summed E-state index contributed by atoms with van der Waals surface area (Å²) in [5, 5.41) is 10.5. The molecule has 8 aromatic carbocycles. The lowest BCUT2D eigenvalue weighted by molar-refractivity contribution is 1.26. The Hall–Kier alpha value is -5.18. The summed E-state index contributed by atoms with van der Waals surface area (Å²) in [6.07, 6.45) is 0. The van der Waals surface area contributed by atoms with E-state index in [0.717, 1.165) is 5.69 Å². The van der Waals surface area contributed by atoms with Gasteiger partial charge in [0.2, 0.25) is 0 Å². The van der Waals surface area contributed by atoms with E-state index in [4.69, 9.17) is 0 Å². The number of hydrogen-bond acceptors (Lipinski definition) is 2. The van der Waals surface area contributed by atoms with Gasteiger partial charge in [0.1, 0.15) is 0 Å². The number of nitrogens with zero attached hydrogens (tertiary/aromatic N) is 1. The van der Waals surface area contributed by atoms with E-state index in [9.17, 15) is 0 Å². The highest BCUT2D eigenvalue weighted by Crippen LogP contribution is 2.45. The molecule has 208 valence electrons. The van der Waals surface area contributed by atoms with Crippen LogP contribution in [0, 0.1) is 13.8 Å². The Balaban J connectivity index is 1.25. The van der Waals surface area contributed by atoms with E-state index in [2.05, 4.69) is 158 Å². The number of hydrogen-bond donors (Lipinski definition) is 0. The third kappa shape index (κ3) is 3.85. The number of rotatable bonds is 4. The van der Waals surface area contributed by atoms with Crippen molar-refractivity contribution >= 4 is 80.9 Å². The van der Waals surface area contributed by atoms with Crippen LogP contribution >= 0.6 is 11.3 Å². The fourth-order valence-electron chi connectivity index (χ4n) is 7.19. The van der Waals surface area contributed by atoms with Gasteiger partial charge in [0.15, 0.2) is 0 Å². The molecule has 2 heteroatoms. The van der Waals surface area contributed by atoms with Crippen LogP contribution in [0.3, 0.4) is 0 Å². The van der Waals surface area contributed by atoms with Crippen LogP contribution in [0.2, 0.25) is 0 Å². The van der Waals surface area contributed by atoms with Crippen molar-refractivity contribution in [3.63, 3.8) is 0 Å². The zero-order valence-electron chi connectivity index (χ0n) is 24.6. The minimum absolute atomic E-state index is 1.15. The second kappa shape index (κ2) is 9.67. The third-order valence-electron chi connectivity index (χ3n) is 9.05. The molecule has 1 heterocycles. The maximum absolute atomic E-state index is 2.44. The molecule has 0 amide bonds. The summed E-state index contributed by atoms with van der Waals surface area (Å²) >= 11 is 1.88. The molecule has 0 spiro atoms. The van der Waals surface area contributed by atoms with Crippen molar-refractivity contribution in [2.24, 2.45) is 0 Å². The Labute approximate surface area is 260 Å². The monoisotopic (exact) mass is 579 g/mol. The van der Waals surface area contributed by atoms with Crippen LogP contribution < -0.4 is 4.90 Å². The average molecular weight is 580 g/mol. The predicted octanol–water partition coefficient (Wildman–Crippen LogP) is 12.7. The first kappa shape index (κ1) is 25.3. The smallest absolute Gasteiger partial charge is 0.0540 e. The van der Waals surface area contributed by atoms with Gasteiger partial charge in [-0.25, -0.2) is 0 Å². The van der Waals surface area contributed by atoms with Gasteiger partial charge in [-0.3, -0.25) is 0 Å². The molecule has 9 rings (SSSR count). The molecular formula is C42H29NS. The molecular weight excluding hydrogens is 551 g/mol. The van der Waals surface area contributed by atoms with E-state index in [1.54, 1.807) is 0 Å². The molecule has 0 aliphatic heterocycles. The molecule has 1 aromatic heterocycles. The van der Waals surface area contributed by atoms with Crippen LogP contribution in [0.4, 0.5) is 17.1 Å². The number of aryl methyl sites for hydroxylation is 2. The van der Waals surface area contributed by atoms with Gasteiger partial charge in [-0.05, 0) is 99.4 Å². The molecule has 9 aromatic rings. The summed E-state index contributed by atoms with van der Waals surface area (Å²) in [6, 6.07) is 51.8. The average Bonchev–Trinajstić information content (AvgIpc) is 3.43. The van der Waals surface area contributed by atoms with Crippen molar-refractivity contribution in [1.82, 2.24) is 0 Å². The topological polar surface area (TPSA) is 3.24 Å². The van der Waals surface area contributed by atoms with Crippen LogP contribution in [-0.2, 0) is 0 Å². The van der Waals surface area contributed by atoms with Gasteiger partial charge in [-0.2, -0.15) is 0 Å². The largest absolute Gasteiger partial charge is 0.310 e. The summed E-state index contributed by atoms with van der Waals surface area (Å²) in [7, 11) is 0. The molecule has 0 unspecified atom stereocenters. The third-order valence-corrected chi connectivity index (χ3v) is 10.3. The van der Waals surface area contributed by atoms with Gasteiger partial charge < -0.3 is 4.90 Å². The lowest BCUT2D eigenvalue weighted by Gasteiger charge is -2.28. The molecule has 0 aliphatic rings. The molecule has 0 atom stereocenters. The van der Waals surface area contributed by atoms with Gasteiger partial charge in [0.25, 0.3) is 0 Å². The number of fused-ring (bicyclic) bond motifs is 3. The van der Waals surface area contributed by atoms with Gasteiger partial charge in [0.05, 0.1) is 5.69 Å². The predicted molar refractivity (Wildman–Crippen MR) is 193 cm³/mol. The minimum Gasteiger partial charge on any atom is -0.310 e. The van der Waals surface area contributed by atoms with Crippen molar-refractivity contribution < 1.29 is 0 Å². The SMILES string of the molecule is Cc1cc(C)cc(N(c2ccc(-c3cccc4c3sc3ccccc34)cc2)c2ccc3ccc4cccc5ccc2c3c45)c1. The first-order chi connectivity index (χ1) is 21.6. The first-order valence-electron chi connectivity index (χ1n) is 15.2. The van der Waals surface area contributed by atoms with E-state index in [1.165, 1.54) is 86.1 Å². The van der Waals surface area contributed by atoms with E-state index in [0.29, 0.717) is 0 Å². The highest BCUT2D eigenvalue weighted by atomic mass is 32.1. The van der Waals surface area contributed by atoms with Crippen LogP contribution in [0.25, 0.3) is 63.6 Å². The Morgan fingerprint density at radius 2 is 1.14 bits per heavy atom. The maximum Gasteiger partial charge on any atom is 0.0540 e. The van der Waals surface area contributed by atoms with Gasteiger partial charge >= 0.3 is 0 Å². The van der Waals surface area contributed by atoms with Gasteiger partial charge in [-0.1, -0.05) is 103 Å². The standard InChI is InChI=1S/C42H29NS/c1-26-23-27(2)25-33(24-26)43(38-22-18-31-14-13-29-7-5-8-30-17-21-37(38)41(31)40(29)30)32-19-15-28(16-20-32)34-10-6-11-36-35-9-3-4-12-39(35)44-42(34)36/h3-25H,1-2H3. The van der Waals surface area contributed by atoms with Crippen LogP contribution in [0.15, 0.2) is 140 Å². The van der Waals surface area contributed by atoms with Crippen molar-refractivity contribution in [2.75, 3.05) is 4.90 Å². The summed E-state index contributed by atoms with van der Waals surface area (Å²) in [5.41, 5.74) is 8.57. The molecule has 0 bridgehead atoms. The molecule has 0 N–H and O–H groups in total. The number of benzene rings is 8. The first-order valence-corrected chi connectivity index (χ1v) is 16.0. The Kier molecular flexibility index (Phi) is 5.57. The number of thiophene rings is 1. The Bertz CT molecular complexity index is 2480. The quantitative estimate of drug-likeness (QED) is 0.187. The highest BCUT2D eigenvalue weighted by Gasteiger charge is 2.19. The van der Waals surface area contributed by atoms with Crippen molar-refractivity contribution in [1.29, 1.82) is 0 Å². The Morgan fingerprint density at radius 3 is 1.93 bits per heavy atom. The van der Waals surface area contributed by atoms with Crippen molar-refractivity contribution in [3.05, 3.63) is 151 Å². The molecule has 0 saturated heterocycles. The van der Waals surface area contributed by atoms with E-state index < -0.39 is 0 Å². The van der Waals surface area contributed by atoms with E-state index in [-0.39, 0.29) is 0 Å². The molecule has 1 nitrogen and oxygen atoms in total. The van der Waals surface area contributed by atoms with Crippen LogP contribution in [0.1, 0.15) is 11.1 Å². The lowest BCUT2D eigenvalue weighted by atomic mass is 9.93. The lowest BCUT2D eigenvalue weighted by Crippen LogP contribution is -2.11. The zero-order chi connectivity index (χ0) is 29.4. The Morgan fingerprint density at radius 1 is 0.477 bits per heavy atom. The molecule has 44 heavy (non-hydrogen) atoms. The summed E-state index contributed by atoms with van der Waals surface area (Å²) in [5.74, 6) is 0. The second-order valence-corrected chi connectivity index (χ2v) is 13.0. The van der Waals surface area contributed by atoms with E-state index in [1.807, 2.05) is 11.3 Å². The fourth-order valence-corrected chi connectivity index (χ4v) is 8.42. The van der Waals surface area contributed by atoms with Crippen LogP contribution in [-0.4, -0.2) is 0 Å². The second-order valence-electron chi connectivity index (χ2n) is 11.9. The van der Waals surface area contributed by atoms with Crippen molar-refractivity contribution in [3.8, 4) is 11.1 Å². The minimum atomic E-state index is 1.15. The summed E-state index contributed by atoms with van der Waals surface area (Å²) in [6.45, 7) is 4.38. The van der Waals surface area contributed by atoms with Crippen LogP contribution in [0.5, 0.6) is 0 Å². The summed E-state index contributed by atoms with van der Waals surface area (Å²) in [4.78, 5) is 2.44. The highest BCUT2D eigenvalue weighted by molar-refractivity contribution is 7.26. The molecule has 0 saturated carbocycles. The van der Waals surface area contributed by atoms with Gasteiger partial charge in [-0.15, -0.1) is 11.3 Å². The zero-order valence-corrected chi connectivity index (χ0v) is 25.5. The molecule has 0 fully saturated rings. The summed E-state index contributed by atoms with van der Waals surface area (Å²) < 4.78 is 2.68. The van der Waals surface area contributed by atoms with Crippen molar-refractivity contribution in [2.45, 2.75) is 13.8 Å². The normalized spacial score (nSPS) is 11.9. The molecule has 0 radical (unpaired) electrons.